The smallest absolute Gasteiger partial charge is 0.308 e. The van der Waals surface area contributed by atoms with Crippen molar-refractivity contribution >= 4 is 18.4 Å². The predicted octanol–water partition coefficient (Wildman–Crippen LogP) is 0.491. The number of hydrogen-bond donors (Lipinski definition) is 2. The molecule has 1 saturated heterocycles. The third-order valence-electron chi connectivity index (χ3n) is 2.55. The van der Waals surface area contributed by atoms with E-state index in [0.717, 1.165) is 19.4 Å². The molecule has 0 aromatic carbocycles. The topological polar surface area (TPSA) is 49.3 Å². The van der Waals surface area contributed by atoms with Crippen LogP contribution < -0.4 is 5.32 Å². The number of aliphatic carboxylic acids is 1. The van der Waals surface area contributed by atoms with Crippen molar-refractivity contribution in [3.8, 4) is 0 Å². The predicted molar refractivity (Wildman–Crippen MR) is 42.9 cm³/mol. The van der Waals surface area contributed by atoms with Gasteiger partial charge in [0.05, 0.1) is 5.92 Å². The van der Waals surface area contributed by atoms with Crippen LogP contribution in [0.2, 0.25) is 0 Å². The van der Waals surface area contributed by atoms with Gasteiger partial charge in [-0.2, -0.15) is 0 Å². The fraction of sp³-hybridized carbons (Fsp3) is 0.857. The van der Waals surface area contributed by atoms with Gasteiger partial charge in [0.25, 0.3) is 0 Å². The summed E-state index contributed by atoms with van der Waals surface area (Å²) in [5.41, 5.74) is 0. The molecule has 64 valence electrons. The lowest BCUT2D eigenvalue weighted by Gasteiger charge is -2.07. The van der Waals surface area contributed by atoms with E-state index in [1.54, 1.807) is 0 Å². The highest BCUT2D eigenvalue weighted by Gasteiger charge is 2.55. The maximum Gasteiger partial charge on any atom is 0.308 e. The fourth-order valence-electron chi connectivity index (χ4n) is 1.95. The van der Waals surface area contributed by atoms with Crippen molar-refractivity contribution in [3.05, 3.63) is 0 Å². The second kappa shape index (κ2) is 2.99. The summed E-state index contributed by atoms with van der Waals surface area (Å²) in [7, 11) is 0. The zero-order valence-corrected chi connectivity index (χ0v) is 6.93. The largest absolute Gasteiger partial charge is 0.481 e. The normalized spacial score (nSPS) is 40.2. The highest BCUT2D eigenvalue weighted by atomic mass is 35.5. The summed E-state index contributed by atoms with van der Waals surface area (Å²) in [4.78, 5) is 10.5. The molecule has 0 amide bonds. The number of carboxylic acid groups (broad SMARTS) is 1. The molecule has 1 aliphatic heterocycles. The molecule has 3 atom stereocenters. The van der Waals surface area contributed by atoms with Gasteiger partial charge < -0.3 is 10.4 Å². The Labute approximate surface area is 71.6 Å². The van der Waals surface area contributed by atoms with Gasteiger partial charge in [-0.1, -0.05) is 0 Å². The summed E-state index contributed by atoms with van der Waals surface area (Å²) in [6.07, 6.45) is 2.25. The van der Waals surface area contributed by atoms with Crippen LogP contribution in [0.3, 0.4) is 0 Å². The summed E-state index contributed by atoms with van der Waals surface area (Å²) in [5, 5.41) is 11.9. The van der Waals surface area contributed by atoms with E-state index in [0.29, 0.717) is 12.0 Å². The van der Waals surface area contributed by atoms with Crippen LogP contribution in [0.1, 0.15) is 12.8 Å². The van der Waals surface area contributed by atoms with E-state index in [2.05, 4.69) is 5.32 Å². The van der Waals surface area contributed by atoms with Crippen LogP contribution in [0.15, 0.2) is 0 Å². The molecule has 2 rings (SSSR count). The molecule has 0 radical (unpaired) electrons. The number of nitrogens with one attached hydrogen (secondary N) is 1. The van der Waals surface area contributed by atoms with Crippen LogP contribution >= 0.6 is 12.4 Å². The maximum atomic E-state index is 10.5. The van der Waals surface area contributed by atoms with E-state index >= 15 is 0 Å². The van der Waals surface area contributed by atoms with Crippen molar-refractivity contribution in [2.24, 2.45) is 11.8 Å². The van der Waals surface area contributed by atoms with Crippen LogP contribution in [0.5, 0.6) is 0 Å². The molecule has 0 aromatic heterocycles. The molecule has 0 spiro atoms. The van der Waals surface area contributed by atoms with Gasteiger partial charge in [0.2, 0.25) is 0 Å². The van der Waals surface area contributed by atoms with Crippen molar-refractivity contribution in [1.29, 1.82) is 0 Å². The van der Waals surface area contributed by atoms with E-state index < -0.39 is 5.97 Å². The molecule has 3 nitrogen and oxygen atoms in total. The summed E-state index contributed by atoms with van der Waals surface area (Å²) in [6, 6.07) is 0.311. The van der Waals surface area contributed by atoms with Crippen LogP contribution in [0.25, 0.3) is 0 Å². The molecule has 3 unspecified atom stereocenters. The molecule has 11 heavy (non-hydrogen) atoms. The second-order valence-electron chi connectivity index (χ2n) is 3.15. The van der Waals surface area contributed by atoms with Gasteiger partial charge in [-0.3, -0.25) is 4.79 Å². The summed E-state index contributed by atoms with van der Waals surface area (Å²) in [5.74, 6) is -0.238. The Morgan fingerprint density at radius 3 is 2.73 bits per heavy atom. The van der Waals surface area contributed by atoms with E-state index in [1.165, 1.54) is 0 Å². The van der Waals surface area contributed by atoms with Crippen LogP contribution in [0, 0.1) is 11.8 Å². The lowest BCUT2D eigenvalue weighted by molar-refractivity contribution is -0.139. The van der Waals surface area contributed by atoms with Crippen molar-refractivity contribution in [2.75, 3.05) is 6.54 Å². The lowest BCUT2D eigenvalue weighted by atomic mass is 10.1. The molecule has 0 aromatic rings. The van der Waals surface area contributed by atoms with Crippen LogP contribution in [0.4, 0.5) is 0 Å². The number of carbonyl (C=O) groups is 1. The Kier molecular flexibility index (Phi) is 2.40. The number of halogens is 1. The molecule has 1 aliphatic carbocycles. The Morgan fingerprint density at radius 2 is 2.27 bits per heavy atom. The van der Waals surface area contributed by atoms with Gasteiger partial charge in [-0.15, -0.1) is 12.4 Å². The Balaban J connectivity index is 0.000000605. The van der Waals surface area contributed by atoms with Gasteiger partial charge >= 0.3 is 5.97 Å². The first kappa shape index (κ1) is 8.81. The Hall–Kier alpha value is -0.280. The maximum absolute atomic E-state index is 10.5. The standard InChI is InChI=1S/C7H11NO2.ClH/c9-7(10)5-4-2-1-3-8-6(4)5;/h4-6,8H,1-3H2,(H,9,10);1H. The number of carboxylic acids is 1. The zero-order valence-electron chi connectivity index (χ0n) is 6.12. The summed E-state index contributed by atoms with van der Waals surface area (Å²) < 4.78 is 0. The van der Waals surface area contributed by atoms with Crippen LogP contribution in [-0.4, -0.2) is 23.7 Å². The minimum absolute atomic E-state index is 0. The van der Waals surface area contributed by atoms with Crippen molar-refractivity contribution in [2.45, 2.75) is 18.9 Å². The first-order valence-electron chi connectivity index (χ1n) is 3.77. The average Bonchev–Trinajstić information content (AvgIpc) is 2.60. The second-order valence-corrected chi connectivity index (χ2v) is 3.15. The third-order valence-corrected chi connectivity index (χ3v) is 2.55. The number of hydrogen-bond acceptors (Lipinski definition) is 2. The molecule has 1 saturated carbocycles. The van der Waals surface area contributed by atoms with Gasteiger partial charge in [-0.25, -0.2) is 0 Å². The highest BCUT2D eigenvalue weighted by molar-refractivity contribution is 5.85. The molecule has 2 aliphatic rings. The van der Waals surface area contributed by atoms with E-state index in [9.17, 15) is 4.79 Å². The fourth-order valence-corrected chi connectivity index (χ4v) is 1.95. The molecular formula is C7H12ClNO2. The zero-order chi connectivity index (χ0) is 7.14. The number of rotatable bonds is 1. The van der Waals surface area contributed by atoms with E-state index in [4.69, 9.17) is 5.11 Å². The van der Waals surface area contributed by atoms with E-state index in [1.807, 2.05) is 0 Å². The van der Waals surface area contributed by atoms with Gasteiger partial charge in [0.1, 0.15) is 0 Å². The monoisotopic (exact) mass is 177 g/mol. The number of fused-ring (bicyclic) bond motifs is 1. The minimum atomic E-state index is -0.621. The molecular weight excluding hydrogens is 166 g/mol. The summed E-state index contributed by atoms with van der Waals surface area (Å²) >= 11 is 0. The molecule has 2 fully saturated rings. The van der Waals surface area contributed by atoms with E-state index in [-0.39, 0.29) is 18.3 Å². The summed E-state index contributed by atoms with van der Waals surface area (Å²) in [6.45, 7) is 1.00. The lowest BCUT2D eigenvalue weighted by Crippen LogP contribution is -2.25. The van der Waals surface area contributed by atoms with Gasteiger partial charge in [0.15, 0.2) is 0 Å². The molecule has 4 heteroatoms. The Bertz CT molecular complexity index is 162. The molecule has 1 heterocycles. The number of piperidine rings is 1. The first-order valence-corrected chi connectivity index (χ1v) is 3.77. The third kappa shape index (κ3) is 1.35. The van der Waals surface area contributed by atoms with Gasteiger partial charge in [0, 0.05) is 6.04 Å². The first-order chi connectivity index (χ1) is 4.80. The molecule has 0 bridgehead atoms. The highest BCUT2D eigenvalue weighted by Crippen LogP contribution is 2.44. The van der Waals surface area contributed by atoms with Gasteiger partial charge in [-0.05, 0) is 25.3 Å². The minimum Gasteiger partial charge on any atom is -0.481 e. The SMILES string of the molecule is Cl.O=C(O)C1C2CCCNC21. The van der Waals surface area contributed by atoms with Crippen molar-refractivity contribution in [1.82, 2.24) is 5.32 Å². The van der Waals surface area contributed by atoms with Crippen molar-refractivity contribution < 1.29 is 9.90 Å². The average molecular weight is 178 g/mol. The Morgan fingerprint density at radius 1 is 1.55 bits per heavy atom. The quantitative estimate of drug-likeness (QED) is 0.613. The van der Waals surface area contributed by atoms with Crippen LogP contribution in [-0.2, 0) is 4.79 Å². The molecule has 2 N–H and O–H groups in total. The van der Waals surface area contributed by atoms with Crippen molar-refractivity contribution in [3.63, 3.8) is 0 Å².